The third-order valence-corrected chi connectivity index (χ3v) is 3.72. The van der Waals surface area contributed by atoms with E-state index in [9.17, 15) is 4.79 Å². The normalized spacial score (nSPS) is 18.2. The molecule has 0 amide bonds. The van der Waals surface area contributed by atoms with Crippen LogP contribution in [0.5, 0.6) is 0 Å². The molecule has 1 fully saturated rings. The minimum Gasteiger partial charge on any atom is -0.368 e. The molecule has 1 aromatic rings. The van der Waals surface area contributed by atoms with E-state index in [0.29, 0.717) is 6.54 Å². The van der Waals surface area contributed by atoms with Crippen LogP contribution >= 0.6 is 0 Å². The van der Waals surface area contributed by atoms with Gasteiger partial charge in [-0.3, -0.25) is 4.79 Å². The van der Waals surface area contributed by atoms with E-state index >= 15 is 0 Å². The Bertz CT molecular complexity index is 479. The minimum atomic E-state index is -0.0221. The van der Waals surface area contributed by atoms with E-state index in [0.717, 1.165) is 38.4 Å². The van der Waals surface area contributed by atoms with Crippen LogP contribution in [0.15, 0.2) is 17.1 Å². The zero-order chi connectivity index (χ0) is 14.5. The Kier molecular flexibility index (Phi) is 5.14. The van der Waals surface area contributed by atoms with Crippen LogP contribution in [0.4, 0.5) is 5.69 Å². The molecule has 112 valence electrons. The van der Waals surface area contributed by atoms with Gasteiger partial charge in [0.1, 0.15) is 0 Å². The molecule has 0 aromatic carbocycles. The molecule has 1 saturated heterocycles. The molecule has 2 rings (SSSR count). The molecule has 0 aliphatic carbocycles. The molecule has 0 radical (unpaired) electrons. The van der Waals surface area contributed by atoms with Gasteiger partial charge in [-0.05, 0) is 20.5 Å². The Balaban J connectivity index is 2.04. The fraction of sp³-hybridized carbons (Fsp3) is 0.714. The summed E-state index contributed by atoms with van der Waals surface area (Å²) >= 11 is 0. The number of hydrogen-bond acceptors (Lipinski definition) is 5. The standard InChI is InChI=1S/C14H25N5O/c1-4-15-12(2)11-19-14(20)9-13(10-16-19)18-7-5-17(3)6-8-18/h9-10,12,15H,4-8,11H2,1-3H3. The molecule has 1 aromatic heterocycles. The summed E-state index contributed by atoms with van der Waals surface area (Å²) in [7, 11) is 2.12. The molecule has 20 heavy (non-hydrogen) atoms. The summed E-state index contributed by atoms with van der Waals surface area (Å²) in [6.45, 7) is 9.59. The fourth-order valence-electron chi connectivity index (χ4n) is 2.47. The van der Waals surface area contributed by atoms with Gasteiger partial charge in [0.25, 0.3) is 5.56 Å². The second-order valence-corrected chi connectivity index (χ2v) is 5.48. The number of anilines is 1. The predicted octanol–water partition coefficient (Wildman–Crippen LogP) is -0.00690. The number of nitrogens with one attached hydrogen (secondary N) is 1. The van der Waals surface area contributed by atoms with Crippen LogP contribution in [0.3, 0.4) is 0 Å². The van der Waals surface area contributed by atoms with E-state index in [2.05, 4.69) is 41.1 Å². The van der Waals surface area contributed by atoms with Gasteiger partial charge in [0.15, 0.2) is 0 Å². The molecule has 1 atom stereocenters. The van der Waals surface area contributed by atoms with Crippen LogP contribution < -0.4 is 15.8 Å². The fourth-order valence-corrected chi connectivity index (χ4v) is 2.47. The quantitative estimate of drug-likeness (QED) is 0.822. The maximum absolute atomic E-state index is 12.1. The van der Waals surface area contributed by atoms with Crippen LogP contribution in [0.1, 0.15) is 13.8 Å². The molecular formula is C14H25N5O. The summed E-state index contributed by atoms with van der Waals surface area (Å²) < 4.78 is 1.53. The Morgan fingerprint density at radius 2 is 2.05 bits per heavy atom. The van der Waals surface area contributed by atoms with Crippen LogP contribution in [0, 0.1) is 0 Å². The van der Waals surface area contributed by atoms with Gasteiger partial charge in [0.05, 0.1) is 18.4 Å². The van der Waals surface area contributed by atoms with E-state index in [1.165, 1.54) is 4.68 Å². The largest absolute Gasteiger partial charge is 0.368 e. The zero-order valence-corrected chi connectivity index (χ0v) is 12.7. The third kappa shape index (κ3) is 3.80. The van der Waals surface area contributed by atoms with Gasteiger partial charge in [-0.15, -0.1) is 0 Å². The van der Waals surface area contributed by atoms with Crippen molar-refractivity contribution in [3.63, 3.8) is 0 Å². The summed E-state index contributed by atoms with van der Waals surface area (Å²) in [6, 6.07) is 1.96. The van der Waals surface area contributed by atoms with E-state index < -0.39 is 0 Å². The first-order valence-corrected chi connectivity index (χ1v) is 7.34. The molecule has 6 nitrogen and oxygen atoms in total. The number of rotatable bonds is 5. The molecule has 1 N–H and O–H groups in total. The predicted molar refractivity (Wildman–Crippen MR) is 81.3 cm³/mol. The van der Waals surface area contributed by atoms with Gasteiger partial charge in [0, 0.05) is 38.3 Å². The van der Waals surface area contributed by atoms with Crippen LogP contribution in [-0.4, -0.2) is 60.5 Å². The molecule has 0 bridgehead atoms. The van der Waals surface area contributed by atoms with Crippen molar-refractivity contribution >= 4 is 5.69 Å². The molecule has 1 unspecified atom stereocenters. The summed E-state index contributed by atoms with van der Waals surface area (Å²) in [6.07, 6.45) is 1.81. The minimum absolute atomic E-state index is 0.0221. The van der Waals surface area contributed by atoms with Crippen molar-refractivity contribution < 1.29 is 0 Å². The van der Waals surface area contributed by atoms with E-state index in [1.54, 1.807) is 6.07 Å². The summed E-state index contributed by atoms with van der Waals surface area (Å²) in [5, 5.41) is 7.59. The van der Waals surface area contributed by atoms with Crippen molar-refractivity contribution in [2.45, 2.75) is 26.4 Å². The van der Waals surface area contributed by atoms with Crippen LogP contribution in [-0.2, 0) is 6.54 Å². The van der Waals surface area contributed by atoms with Crippen molar-refractivity contribution in [1.82, 2.24) is 20.0 Å². The van der Waals surface area contributed by atoms with E-state index in [4.69, 9.17) is 0 Å². The first-order valence-electron chi connectivity index (χ1n) is 7.34. The lowest BCUT2D eigenvalue weighted by atomic mass is 10.3. The Morgan fingerprint density at radius 1 is 1.35 bits per heavy atom. The topological polar surface area (TPSA) is 53.4 Å². The van der Waals surface area contributed by atoms with E-state index in [-0.39, 0.29) is 11.6 Å². The number of likely N-dealkylation sites (N-methyl/N-ethyl adjacent to an activating group) is 2. The highest BCUT2D eigenvalue weighted by molar-refractivity contribution is 5.43. The third-order valence-electron chi connectivity index (χ3n) is 3.72. The maximum atomic E-state index is 12.1. The molecule has 0 spiro atoms. The maximum Gasteiger partial charge on any atom is 0.268 e. The van der Waals surface area contributed by atoms with Gasteiger partial charge >= 0.3 is 0 Å². The molecule has 1 aliphatic heterocycles. The summed E-state index contributed by atoms with van der Waals surface area (Å²) in [4.78, 5) is 16.6. The van der Waals surface area contributed by atoms with Crippen molar-refractivity contribution in [2.75, 3.05) is 44.7 Å². The Morgan fingerprint density at radius 3 is 2.65 bits per heavy atom. The zero-order valence-electron chi connectivity index (χ0n) is 12.7. The van der Waals surface area contributed by atoms with E-state index in [1.807, 2.05) is 6.20 Å². The lowest BCUT2D eigenvalue weighted by Crippen LogP contribution is -2.45. The van der Waals surface area contributed by atoms with Crippen molar-refractivity contribution in [3.05, 3.63) is 22.6 Å². The average Bonchev–Trinajstić information content (AvgIpc) is 2.42. The summed E-state index contributed by atoms with van der Waals surface area (Å²) in [5.74, 6) is 0. The second-order valence-electron chi connectivity index (χ2n) is 5.48. The molecule has 2 heterocycles. The molecule has 0 saturated carbocycles. The lowest BCUT2D eigenvalue weighted by Gasteiger charge is -2.33. The summed E-state index contributed by atoms with van der Waals surface area (Å²) in [5.41, 5.74) is 0.918. The molecule has 6 heteroatoms. The highest BCUT2D eigenvalue weighted by Crippen LogP contribution is 2.12. The smallest absolute Gasteiger partial charge is 0.268 e. The van der Waals surface area contributed by atoms with Gasteiger partial charge < -0.3 is 15.1 Å². The lowest BCUT2D eigenvalue weighted by molar-refractivity contribution is 0.312. The van der Waals surface area contributed by atoms with Crippen molar-refractivity contribution in [3.8, 4) is 0 Å². The number of aromatic nitrogens is 2. The number of piperazine rings is 1. The highest BCUT2D eigenvalue weighted by Gasteiger charge is 2.15. The van der Waals surface area contributed by atoms with Gasteiger partial charge in [0.2, 0.25) is 0 Å². The van der Waals surface area contributed by atoms with Crippen LogP contribution in [0.2, 0.25) is 0 Å². The van der Waals surface area contributed by atoms with Gasteiger partial charge in [-0.1, -0.05) is 6.92 Å². The SMILES string of the molecule is CCNC(C)Cn1ncc(N2CCN(C)CC2)cc1=O. The van der Waals surface area contributed by atoms with Gasteiger partial charge in [-0.25, -0.2) is 4.68 Å². The van der Waals surface area contributed by atoms with Crippen molar-refractivity contribution in [2.24, 2.45) is 0 Å². The Hall–Kier alpha value is -1.40. The molecular weight excluding hydrogens is 254 g/mol. The monoisotopic (exact) mass is 279 g/mol. The Labute approximate surface area is 120 Å². The van der Waals surface area contributed by atoms with Crippen LogP contribution in [0.25, 0.3) is 0 Å². The number of nitrogens with zero attached hydrogens (tertiary/aromatic N) is 4. The average molecular weight is 279 g/mol. The first-order chi connectivity index (χ1) is 9.60. The second kappa shape index (κ2) is 6.85. The number of hydrogen-bond donors (Lipinski definition) is 1. The highest BCUT2D eigenvalue weighted by atomic mass is 16.1. The first kappa shape index (κ1) is 15.0. The molecule has 1 aliphatic rings. The van der Waals surface area contributed by atoms with Gasteiger partial charge in [-0.2, -0.15) is 5.10 Å². The van der Waals surface area contributed by atoms with Crippen molar-refractivity contribution in [1.29, 1.82) is 0 Å².